The first-order chi connectivity index (χ1) is 8.15. The van der Waals surface area contributed by atoms with Crippen molar-refractivity contribution in [1.82, 2.24) is 4.90 Å². The van der Waals surface area contributed by atoms with Crippen LogP contribution >= 0.6 is 0 Å². The second kappa shape index (κ2) is 5.44. The fourth-order valence-electron chi connectivity index (χ4n) is 2.18. The Labute approximate surface area is 104 Å². The molecule has 106 valence electrons. The van der Waals surface area contributed by atoms with E-state index in [4.69, 9.17) is 15.6 Å². The van der Waals surface area contributed by atoms with Crippen LogP contribution in [0.25, 0.3) is 0 Å². The molecule has 1 spiro atoms. The SMILES string of the molecule is CC(N)CN1CCC2(CC2)C1.O=C(O)C(F)(F)F. The van der Waals surface area contributed by atoms with Gasteiger partial charge >= 0.3 is 12.1 Å². The van der Waals surface area contributed by atoms with E-state index in [0.717, 1.165) is 12.0 Å². The van der Waals surface area contributed by atoms with Crippen LogP contribution in [0.4, 0.5) is 13.2 Å². The summed E-state index contributed by atoms with van der Waals surface area (Å²) in [5.74, 6) is -2.76. The summed E-state index contributed by atoms with van der Waals surface area (Å²) in [6.07, 6.45) is -0.704. The molecule has 1 aliphatic heterocycles. The van der Waals surface area contributed by atoms with Gasteiger partial charge in [-0.2, -0.15) is 13.2 Å². The Hall–Kier alpha value is -0.820. The highest BCUT2D eigenvalue weighted by molar-refractivity contribution is 5.73. The molecule has 0 radical (unpaired) electrons. The van der Waals surface area contributed by atoms with Crippen LogP contribution in [-0.2, 0) is 4.79 Å². The maximum Gasteiger partial charge on any atom is 0.490 e. The lowest BCUT2D eigenvalue weighted by Crippen LogP contribution is -2.34. The van der Waals surface area contributed by atoms with Crippen LogP contribution in [0.15, 0.2) is 0 Å². The topological polar surface area (TPSA) is 66.6 Å². The van der Waals surface area contributed by atoms with E-state index in [2.05, 4.69) is 11.8 Å². The van der Waals surface area contributed by atoms with Gasteiger partial charge in [0.2, 0.25) is 0 Å². The van der Waals surface area contributed by atoms with Gasteiger partial charge in [0.1, 0.15) is 0 Å². The first kappa shape index (κ1) is 15.2. The standard InChI is InChI=1S/C9H18N2.C2HF3O2/c1-8(10)6-11-5-4-9(7-11)2-3-9;3-2(4,5)1(6)7/h8H,2-7,10H2,1H3;(H,6,7). The van der Waals surface area contributed by atoms with Gasteiger partial charge in [0.05, 0.1) is 0 Å². The first-order valence-electron chi connectivity index (χ1n) is 5.93. The number of carboxylic acids is 1. The second-order valence-corrected chi connectivity index (χ2v) is 5.27. The highest BCUT2D eigenvalue weighted by atomic mass is 19.4. The molecule has 2 aliphatic rings. The van der Waals surface area contributed by atoms with Crippen LogP contribution in [0, 0.1) is 5.41 Å². The maximum absolute atomic E-state index is 10.6. The minimum atomic E-state index is -5.08. The molecule has 1 saturated carbocycles. The molecule has 2 fully saturated rings. The van der Waals surface area contributed by atoms with Crippen molar-refractivity contribution < 1.29 is 23.1 Å². The number of hydrogen-bond donors (Lipinski definition) is 2. The summed E-state index contributed by atoms with van der Waals surface area (Å²) in [4.78, 5) is 11.4. The van der Waals surface area contributed by atoms with Crippen LogP contribution < -0.4 is 5.73 Å². The lowest BCUT2D eigenvalue weighted by molar-refractivity contribution is -0.192. The fraction of sp³-hybridized carbons (Fsp3) is 0.909. The summed E-state index contributed by atoms with van der Waals surface area (Å²) in [5.41, 5.74) is 6.51. The summed E-state index contributed by atoms with van der Waals surface area (Å²) in [6, 6.07) is 0.351. The van der Waals surface area contributed by atoms with E-state index in [1.54, 1.807) is 0 Å². The zero-order chi connectivity index (χ0) is 14.0. The number of halogens is 3. The molecule has 1 unspecified atom stereocenters. The van der Waals surface area contributed by atoms with Crippen molar-refractivity contribution in [3.63, 3.8) is 0 Å². The van der Waals surface area contributed by atoms with E-state index in [0.29, 0.717) is 6.04 Å². The lowest BCUT2D eigenvalue weighted by atomic mass is 10.1. The van der Waals surface area contributed by atoms with Crippen molar-refractivity contribution in [3.8, 4) is 0 Å². The van der Waals surface area contributed by atoms with Gasteiger partial charge in [0.25, 0.3) is 0 Å². The molecule has 2 rings (SSSR count). The number of alkyl halides is 3. The van der Waals surface area contributed by atoms with E-state index in [-0.39, 0.29) is 0 Å². The smallest absolute Gasteiger partial charge is 0.475 e. The average molecular weight is 268 g/mol. The molecule has 0 aromatic carbocycles. The summed E-state index contributed by atoms with van der Waals surface area (Å²) >= 11 is 0. The highest BCUT2D eigenvalue weighted by Crippen LogP contribution is 2.52. The van der Waals surface area contributed by atoms with Gasteiger partial charge in [-0.25, -0.2) is 4.79 Å². The minimum absolute atomic E-state index is 0.351. The van der Waals surface area contributed by atoms with Gasteiger partial charge in [0.15, 0.2) is 0 Å². The lowest BCUT2D eigenvalue weighted by Gasteiger charge is -2.17. The van der Waals surface area contributed by atoms with E-state index in [1.165, 1.54) is 32.4 Å². The number of nitrogens with two attached hydrogens (primary N) is 1. The highest BCUT2D eigenvalue weighted by Gasteiger charge is 2.47. The summed E-state index contributed by atoms with van der Waals surface area (Å²) in [5, 5.41) is 7.12. The molecular weight excluding hydrogens is 249 g/mol. The van der Waals surface area contributed by atoms with Gasteiger partial charge in [-0.05, 0) is 38.1 Å². The van der Waals surface area contributed by atoms with Gasteiger partial charge in [-0.1, -0.05) is 0 Å². The average Bonchev–Trinajstić information content (AvgIpc) is 2.81. The molecule has 1 heterocycles. The monoisotopic (exact) mass is 268 g/mol. The second-order valence-electron chi connectivity index (χ2n) is 5.27. The van der Waals surface area contributed by atoms with Gasteiger partial charge < -0.3 is 15.7 Å². The Morgan fingerprint density at radius 3 is 2.22 bits per heavy atom. The summed E-state index contributed by atoms with van der Waals surface area (Å²) in [7, 11) is 0. The largest absolute Gasteiger partial charge is 0.490 e. The Balaban J connectivity index is 0.000000203. The number of nitrogens with zero attached hydrogens (tertiary/aromatic N) is 1. The van der Waals surface area contributed by atoms with Gasteiger partial charge in [-0.3, -0.25) is 0 Å². The third-order valence-corrected chi connectivity index (χ3v) is 3.26. The van der Waals surface area contributed by atoms with E-state index in [1.807, 2.05) is 0 Å². The number of carboxylic acid groups (broad SMARTS) is 1. The van der Waals surface area contributed by atoms with E-state index >= 15 is 0 Å². The predicted molar refractivity (Wildman–Crippen MR) is 60.1 cm³/mol. The maximum atomic E-state index is 10.6. The number of hydrogen-bond acceptors (Lipinski definition) is 3. The molecule has 1 saturated heterocycles. The van der Waals surface area contributed by atoms with Crippen LogP contribution in [0.1, 0.15) is 26.2 Å². The zero-order valence-corrected chi connectivity index (χ0v) is 10.3. The summed E-state index contributed by atoms with van der Waals surface area (Å²) in [6.45, 7) is 5.82. The Kier molecular flexibility index (Phi) is 4.61. The van der Waals surface area contributed by atoms with Crippen LogP contribution in [-0.4, -0.2) is 47.8 Å². The molecule has 0 aromatic rings. The molecule has 1 aliphatic carbocycles. The zero-order valence-electron chi connectivity index (χ0n) is 10.3. The van der Waals surface area contributed by atoms with Gasteiger partial charge in [-0.15, -0.1) is 0 Å². The third-order valence-electron chi connectivity index (χ3n) is 3.26. The minimum Gasteiger partial charge on any atom is -0.475 e. The van der Waals surface area contributed by atoms with Crippen LogP contribution in [0.3, 0.4) is 0 Å². The van der Waals surface area contributed by atoms with Crippen LogP contribution in [0.2, 0.25) is 0 Å². The molecule has 7 heteroatoms. The Bertz CT molecular complexity index is 301. The molecule has 4 nitrogen and oxygen atoms in total. The molecule has 3 N–H and O–H groups in total. The number of rotatable bonds is 2. The number of likely N-dealkylation sites (tertiary alicyclic amines) is 1. The fourth-order valence-corrected chi connectivity index (χ4v) is 2.18. The molecular formula is C11H19F3N2O2. The van der Waals surface area contributed by atoms with Crippen molar-refractivity contribution in [2.24, 2.45) is 11.1 Å². The molecule has 0 aromatic heterocycles. The quantitative estimate of drug-likeness (QED) is 0.795. The Morgan fingerprint density at radius 2 is 1.94 bits per heavy atom. The number of aliphatic carboxylic acids is 1. The van der Waals surface area contributed by atoms with E-state index in [9.17, 15) is 13.2 Å². The first-order valence-corrected chi connectivity index (χ1v) is 5.93. The molecule has 18 heavy (non-hydrogen) atoms. The van der Waals surface area contributed by atoms with Crippen molar-refractivity contribution in [2.45, 2.75) is 38.4 Å². The summed E-state index contributed by atoms with van der Waals surface area (Å²) < 4.78 is 31.7. The van der Waals surface area contributed by atoms with Crippen LogP contribution in [0.5, 0.6) is 0 Å². The molecule has 0 bridgehead atoms. The third kappa shape index (κ3) is 4.81. The van der Waals surface area contributed by atoms with E-state index < -0.39 is 12.1 Å². The molecule has 0 amide bonds. The van der Waals surface area contributed by atoms with Gasteiger partial charge in [0, 0.05) is 19.1 Å². The van der Waals surface area contributed by atoms with Crippen molar-refractivity contribution >= 4 is 5.97 Å². The predicted octanol–water partition coefficient (Wildman–Crippen LogP) is 1.45. The normalized spacial score (nSPS) is 23.4. The number of carbonyl (C=O) groups is 1. The van der Waals surface area contributed by atoms with Crippen molar-refractivity contribution in [1.29, 1.82) is 0 Å². The molecule has 1 atom stereocenters. The van der Waals surface area contributed by atoms with Crippen molar-refractivity contribution in [3.05, 3.63) is 0 Å². The Morgan fingerprint density at radius 1 is 1.44 bits per heavy atom. The van der Waals surface area contributed by atoms with Crippen molar-refractivity contribution in [2.75, 3.05) is 19.6 Å².